The fraction of sp³-hybridized carbons (Fsp3) is 0.409. The second-order valence-corrected chi connectivity index (χ2v) is 9.91. The zero-order valence-electron chi connectivity index (χ0n) is 19.0. The molecule has 2 aromatic carbocycles. The number of hydrogen-bond donors (Lipinski definition) is 3. The lowest BCUT2D eigenvalue weighted by Crippen LogP contribution is -2.56. The van der Waals surface area contributed by atoms with E-state index in [0.717, 1.165) is 25.6 Å². The predicted molar refractivity (Wildman–Crippen MR) is 125 cm³/mol. The molecule has 12 heteroatoms. The predicted octanol–water partition coefficient (Wildman–Crippen LogP) is 2.33. The van der Waals surface area contributed by atoms with Crippen LogP contribution in [0.3, 0.4) is 0 Å². The molecule has 1 heterocycles. The quantitative estimate of drug-likeness (QED) is 0.274. The number of amides is 1. The number of benzene rings is 2. The molecule has 0 spiro atoms. The molecule has 1 unspecified atom stereocenters. The topological polar surface area (TPSA) is 151 Å². The summed E-state index contributed by atoms with van der Waals surface area (Å²) in [5.41, 5.74) is -0.746. The van der Waals surface area contributed by atoms with E-state index in [1.54, 1.807) is 0 Å². The Morgan fingerprint density at radius 1 is 1.24 bits per heavy atom. The van der Waals surface area contributed by atoms with Crippen LogP contribution in [0.5, 0.6) is 5.75 Å². The molecule has 1 amide bonds. The van der Waals surface area contributed by atoms with Gasteiger partial charge in [0.05, 0.1) is 28.6 Å². The van der Waals surface area contributed by atoms with E-state index in [1.807, 2.05) is 13.8 Å². The van der Waals surface area contributed by atoms with Gasteiger partial charge < -0.3 is 15.2 Å². The van der Waals surface area contributed by atoms with E-state index in [9.17, 15) is 28.4 Å². The molecule has 1 aliphatic rings. The number of hydrogen-bond acceptors (Lipinski definition) is 8. The monoisotopic (exact) mass is 492 g/mol. The number of nitrogens with one attached hydrogen (secondary N) is 2. The number of nitro groups is 1. The van der Waals surface area contributed by atoms with Gasteiger partial charge in [-0.3, -0.25) is 24.5 Å². The van der Waals surface area contributed by atoms with E-state index in [0.29, 0.717) is 19.8 Å². The molecule has 0 aliphatic carbocycles. The summed E-state index contributed by atoms with van der Waals surface area (Å²) in [6, 6.07) is 8.34. The fourth-order valence-electron chi connectivity index (χ4n) is 3.69. The van der Waals surface area contributed by atoms with Crippen molar-refractivity contribution in [2.24, 2.45) is 0 Å². The molecule has 1 fully saturated rings. The van der Waals surface area contributed by atoms with Crippen molar-refractivity contribution in [3.8, 4) is 5.75 Å². The number of anilines is 1. The molecule has 1 aliphatic heterocycles. The van der Waals surface area contributed by atoms with Gasteiger partial charge in [-0.25, -0.2) is 8.42 Å². The maximum atomic E-state index is 12.9. The summed E-state index contributed by atoms with van der Waals surface area (Å²) < 4.78 is 33.1. The Labute approximate surface area is 197 Å². The Kier molecular flexibility index (Phi) is 7.75. The van der Waals surface area contributed by atoms with Crippen LogP contribution in [0.2, 0.25) is 0 Å². The van der Waals surface area contributed by atoms with Gasteiger partial charge in [-0.2, -0.15) is 0 Å². The van der Waals surface area contributed by atoms with E-state index in [4.69, 9.17) is 4.74 Å². The van der Waals surface area contributed by atoms with Gasteiger partial charge in [-0.15, -0.1) is 0 Å². The van der Waals surface area contributed by atoms with E-state index >= 15 is 0 Å². The molecule has 34 heavy (non-hydrogen) atoms. The Morgan fingerprint density at radius 3 is 2.59 bits per heavy atom. The van der Waals surface area contributed by atoms with Crippen LogP contribution in [0.25, 0.3) is 0 Å². The second kappa shape index (κ2) is 10.4. The highest BCUT2D eigenvalue weighted by atomic mass is 32.2. The second-order valence-electron chi connectivity index (χ2n) is 8.22. The molecule has 1 saturated heterocycles. The van der Waals surface area contributed by atoms with Gasteiger partial charge >= 0.3 is 0 Å². The summed E-state index contributed by atoms with van der Waals surface area (Å²) in [4.78, 5) is 25.1. The highest BCUT2D eigenvalue weighted by molar-refractivity contribution is 7.92. The van der Waals surface area contributed by atoms with Crippen molar-refractivity contribution in [2.75, 3.05) is 37.6 Å². The van der Waals surface area contributed by atoms with Crippen LogP contribution in [0.1, 0.15) is 30.6 Å². The molecular formula is C22H28N4O7S. The van der Waals surface area contributed by atoms with Gasteiger partial charge in [-0.1, -0.05) is 13.0 Å². The van der Waals surface area contributed by atoms with Crippen molar-refractivity contribution >= 4 is 27.3 Å². The molecule has 1 atom stereocenters. The number of carbonyl (C=O) groups is 1. The van der Waals surface area contributed by atoms with Crippen LogP contribution in [0, 0.1) is 10.1 Å². The third-order valence-electron chi connectivity index (χ3n) is 6.00. The molecule has 3 N–H and O–H groups in total. The van der Waals surface area contributed by atoms with Crippen molar-refractivity contribution in [2.45, 2.75) is 30.7 Å². The van der Waals surface area contributed by atoms with Crippen molar-refractivity contribution in [3.63, 3.8) is 0 Å². The van der Waals surface area contributed by atoms with Gasteiger partial charge in [0.15, 0.2) is 0 Å². The maximum Gasteiger partial charge on any atom is 0.270 e. The van der Waals surface area contributed by atoms with E-state index in [2.05, 4.69) is 14.9 Å². The highest BCUT2D eigenvalue weighted by Gasteiger charge is 2.32. The molecule has 2 aromatic rings. The third kappa shape index (κ3) is 5.82. The van der Waals surface area contributed by atoms with Crippen molar-refractivity contribution in [3.05, 3.63) is 58.1 Å². The highest BCUT2D eigenvalue weighted by Crippen LogP contribution is 2.26. The maximum absolute atomic E-state index is 12.9. The lowest BCUT2D eigenvalue weighted by molar-refractivity contribution is -0.385. The van der Waals surface area contributed by atoms with Crippen LogP contribution >= 0.6 is 0 Å². The van der Waals surface area contributed by atoms with E-state index < -0.39 is 20.9 Å². The molecule has 11 nitrogen and oxygen atoms in total. The normalized spacial score (nSPS) is 16.4. The van der Waals surface area contributed by atoms with Gasteiger partial charge in [0.1, 0.15) is 5.75 Å². The minimum absolute atomic E-state index is 0.0286. The van der Waals surface area contributed by atoms with Crippen LogP contribution < -0.4 is 10.0 Å². The first-order chi connectivity index (χ1) is 16.1. The van der Waals surface area contributed by atoms with Gasteiger partial charge in [0.2, 0.25) is 0 Å². The number of phenolic OH excluding ortho intramolecular Hbond substituents is 1. The fourth-order valence-corrected chi connectivity index (χ4v) is 4.78. The molecule has 0 aromatic heterocycles. The molecule has 0 radical (unpaired) electrons. The first-order valence-electron chi connectivity index (χ1n) is 10.8. The minimum atomic E-state index is -4.16. The Balaban J connectivity index is 1.76. The Morgan fingerprint density at radius 2 is 1.94 bits per heavy atom. The lowest BCUT2D eigenvalue weighted by Gasteiger charge is -2.43. The first kappa shape index (κ1) is 25.4. The number of phenols is 1. The SMILES string of the molecule is CCC(C)(CNC(=O)c1cc(NS(=O)(=O)c2cccc([N+](=O)[O-])c2)ccc1O)N1CCOCC1. The van der Waals surface area contributed by atoms with Crippen LogP contribution in [0.15, 0.2) is 47.4 Å². The first-order valence-corrected chi connectivity index (χ1v) is 12.3. The molecule has 0 bridgehead atoms. The number of sulfonamides is 1. The van der Waals surface area contributed by atoms with Gasteiger partial charge in [0.25, 0.3) is 21.6 Å². The number of aromatic hydroxyl groups is 1. The Bertz CT molecular complexity index is 1170. The Hall–Kier alpha value is -3.22. The number of morpholine rings is 1. The van der Waals surface area contributed by atoms with Gasteiger partial charge in [-0.05, 0) is 37.6 Å². The summed E-state index contributed by atoms with van der Waals surface area (Å²) in [6.07, 6.45) is 0.780. The van der Waals surface area contributed by atoms with Crippen LogP contribution in [0.4, 0.5) is 11.4 Å². The van der Waals surface area contributed by atoms with Crippen molar-refractivity contribution in [1.82, 2.24) is 10.2 Å². The number of carbonyl (C=O) groups excluding carboxylic acids is 1. The zero-order chi connectivity index (χ0) is 24.9. The van der Waals surface area contributed by atoms with Crippen LogP contribution in [-0.4, -0.2) is 67.6 Å². The van der Waals surface area contributed by atoms with Crippen molar-refractivity contribution in [1.29, 1.82) is 0 Å². The summed E-state index contributed by atoms with van der Waals surface area (Å²) >= 11 is 0. The summed E-state index contributed by atoms with van der Waals surface area (Å²) in [7, 11) is -4.16. The number of non-ortho nitro benzene ring substituents is 1. The summed E-state index contributed by atoms with van der Waals surface area (Å²) in [5.74, 6) is -0.859. The minimum Gasteiger partial charge on any atom is -0.507 e. The number of ether oxygens (including phenoxy) is 1. The zero-order valence-corrected chi connectivity index (χ0v) is 19.8. The average molecular weight is 493 g/mol. The number of nitrogens with zero attached hydrogens (tertiary/aromatic N) is 2. The molecule has 184 valence electrons. The van der Waals surface area contributed by atoms with E-state index in [1.165, 1.54) is 36.4 Å². The number of rotatable bonds is 9. The molecule has 3 rings (SSSR count). The van der Waals surface area contributed by atoms with Crippen LogP contribution in [-0.2, 0) is 14.8 Å². The van der Waals surface area contributed by atoms with E-state index in [-0.39, 0.29) is 33.1 Å². The molecule has 0 saturated carbocycles. The van der Waals surface area contributed by atoms with Crippen molar-refractivity contribution < 1.29 is 28.0 Å². The largest absolute Gasteiger partial charge is 0.507 e. The summed E-state index contributed by atoms with van der Waals surface area (Å²) in [5, 5.41) is 24.0. The lowest BCUT2D eigenvalue weighted by atomic mass is 9.95. The van der Waals surface area contributed by atoms with Gasteiger partial charge in [0, 0.05) is 43.0 Å². The summed E-state index contributed by atoms with van der Waals surface area (Å²) in [6.45, 7) is 7.14. The smallest absolute Gasteiger partial charge is 0.270 e. The standard InChI is InChI=1S/C22H28N4O7S/c1-3-22(2,25-9-11-33-12-10-25)15-23-21(28)19-13-16(7-8-20(19)27)24-34(31,32)18-6-4-5-17(14-18)26(29)30/h4-8,13-14,24,27H,3,9-12,15H2,1-2H3,(H,23,28). The number of nitro benzene ring substituents is 1. The average Bonchev–Trinajstić information content (AvgIpc) is 2.84. The third-order valence-corrected chi connectivity index (χ3v) is 7.38. The molecular weight excluding hydrogens is 464 g/mol.